The zero-order valence-electron chi connectivity index (χ0n) is 9.85. The molecule has 1 rings (SSSR count). The highest BCUT2D eigenvalue weighted by molar-refractivity contribution is 7.80. The fourth-order valence-corrected chi connectivity index (χ4v) is 1.77. The van der Waals surface area contributed by atoms with Gasteiger partial charge in [-0.25, -0.2) is 0 Å². The van der Waals surface area contributed by atoms with Crippen LogP contribution in [0.4, 0.5) is 0 Å². The standard InChI is InChI=1S/C13H19NO2S/c15-9-4-2-1-3-8-14-13(16)11-6-5-7-12(17)10-11/h5-7,10,15,17H,1-4,8-9H2,(H,14,16). The van der Waals surface area contributed by atoms with Crippen LogP contribution in [0.1, 0.15) is 36.0 Å². The minimum absolute atomic E-state index is 0.0527. The average Bonchev–Trinajstić information content (AvgIpc) is 2.33. The Morgan fingerprint density at radius 2 is 2.00 bits per heavy atom. The van der Waals surface area contributed by atoms with Crippen molar-refractivity contribution in [2.24, 2.45) is 0 Å². The van der Waals surface area contributed by atoms with Crippen LogP contribution in [-0.4, -0.2) is 24.2 Å². The molecular weight excluding hydrogens is 234 g/mol. The van der Waals surface area contributed by atoms with Crippen LogP contribution in [0.5, 0.6) is 0 Å². The van der Waals surface area contributed by atoms with Crippen molar-refractivity contribution in [1.82, 2.24) is 5.32 Å². The normalized spacial score (nSPS) is 10.2. The number of rotatable bonds is 7. The second kappa shape index (κ2) is 8.14. The molecule has 0 saturated carbocycles. The summed E-state index contributed by atoms with van der Waals surface area (Å²) in [6.07, 6.45) is 3.84. The van der Waals surface area contributed by atoms with Gasteiger partial charge in [0.1, 0.15) is 0 Å². The summed E-state index contributed by atoms with van der Waals surface area (Å²) < 4.78 is 0. The van der Waals surface area contributed by atoms with E-state index in [0.717, 1.165) is 30.6 Å². The number of hydrogen-bond acceptors (Lipinski definition) is 3. The Morgan fingerprint density at radius 1 is 1.24 bits per heavy atom. The topological polar surface area (TPSA) is 49.3 Å². The summed E-state index contributed by atoms with van der Waals surface area (Å²) in [5, 5.41) is 11.5. The van der Waals surface area contributed by atoms with Gasteiger partial charge < -0.3 is 10.4 Å². The Bertz CT molecular complexity index is 355. The summed E-state index contributed by atoms with van der Waals surface area (Å²) in [4.78, 5) is 12.5. The van der Waals surface area contributed by atoms with Crippen LogP contribution in [0.15, 0.2) is 29.2 Å². The van der Waals surface area contributed by atoms with Gasteiger partial charge in [-0.15, -0.1) is 12.6 Å². The lowest BCUT2D eigenvalue weighted by Gasteiger charge is -2.05. The maximum Gasteiger partial charge on any atom is 0.251 e. The van der Waals surface area contributed by atoms with Crippen molar-refractivity contribution in [2.45, 2.75) is 30.6 Å². The van der Waals surface area contributed by atoms with Crippen molar-refractivity contribution in [3.05, 3.63) is 29.8 Å². The molecule has 2 N–H and O–H groups in total. The Balaban J connectivity index is 2.21. The molecule has 0 unspecified atom stereocenters. The Hall–Kier alpha value is -1.00. The van der Waals surface area contributed by atoms with Crippen LogP contribution in [0.2, 0.25) is 0 Å². The molecule has 0 saturated heterocycles. The summed E-state index contributed by atoms with van der Waals surface area (Å²) in [5.74, 6) is -0.0527. The number of hydrogen-bond donors (Lipinski definition) is 3. The lowest BCUT2D eigenvalue weighted by molar-refractivity contribution is 0.0952. The molecule has 4 heteroatoms. The first kappa shape index (κ1) is 14.1. The van der Waals surface area contributed by atoms with Gasteiger partial charge in [0.2, 0.25) is 0 Å². The smallest absolute Gasteiger partial charge is 0.251 e. The van der Waals surface area contributed by atoms with Crippen molar-refractivity contribution in [2.75, 3.05) is 13.2 Å². The molecule has 1 aromatic rings. The lowest BCUT2D eigenvalue weighted by Crippen LogP contribution is -2.24. The SMILES string of the molecule is O=C(NCCCCCCO)c1cccc(S)c1. The quantitative estimate of drug-likeness (QED) is 0.515. The van der Waals surface area contributed by atoms with Crippen LogP contribution in [0.3, 0.4) is 0 Å². The highest BCUT2D eigenvalue weighted by Crippen LogP contribution is 2.08. The largest absolute Gasteiger partial charge is 0.396 e. The highest BCUT2D eigenvalue weighted by Gasteiger charge is 2.03. The van der Waals surface area contributed by atoms with E-state index in [9.17, 15) is 4.79 Å². The van der Waals surface area contributed by atoms with E-state index in [4.69, 9.17) is 5.11 Å². The van der Waals surface area contributed by atoms with E-state index in [-0.39, 0.29) is 12.5 Å². The Morgan fingerprint density at radius 3 is 2.71 bits per heavy atom. The van der Waals surface area contributed by atoms with Crippen molar-refractivity contribution in [3.8, 4) is 0 Å². The first-order valence-corrected chi connectivity index (χ1v) is 6.37. The van der Waals surface area contributed by atoms with Gasteiger partial charge in [-0.3, -0.25) is 4.79 Å². The third-order valence-corrected chi connectivity index (χ3v) is 2.76. The minimum atomic E-state index is -0.0527. The molecular formula is C13H19NO2S. The molecule has 0 radical (unpaired) electrons. The molecule has 0 atom stereocenters. The molecule has 17 heavy (non-hydrogen) atoms. The molecule has 1 aromatic carbocycles. The summed E-state index contributed by atoms with van der Waals surface area (Å²) in [7, 11) is 0. The number of carbonyl (C=O) groups is 1. The molecule has 94 valence electrons. The molecule has 0 fully saturated rings. The summed E-state index contributed by atoms with van der Waals surface area (Å²) >= 11 is 4.19. The van der Waals surface area contributed by atoms with E-state index in [1.54, 1.807) is 12.1 Å². The van der Waals surface area contributed by atoms with Gasteiger partial charge in [-0.2, -0.15) is 0 Å². The van der Waals surface area contributed by atoms with Crippen LogP contribution >= 0.6 is 12.6 Å². The minimum Gasteiger partial charge on any atom is -0.396 e. The number of aliphatic hydroxyl groups excluding tert-OH is 1. The van der Waals surface area contributed by atoms with Crippen LogP contribution in [0, 0.1) is 0 Å². The molecule has 0 aliphatic rings. The molecule has 1 amide bonds. The number of amides is 1. The van der Waals surface area contributed by atoms with E-state index < -0.39 is 0 Å². The first-order chi connectivity index (χ1) is 8.24. The number of unbranched alkanes of at least 4 members (excludes halogenated alkanes) is 3. The number of thiol groups is 1. The average molecular weight is 253 g/mol. The van der Waals surface area contributed by atoms with Gasteiger partial charge in [0.15, 0.2) is 0 Å². The first-order valence-electron chi connectivity index (χ1n) is 5.92. The predicted molar refractivity (Wildman–Crippen MR) is 71.6 cm³/mol. The monoisotopic (exact) mass is 253 g/mol. The fraction of sp³-hybridized carbons (Fsp3) is 0.462. The summed E-state index contributed by atoms with van der Waals surface area (Å²) in [6, 6.07) is 7.19. The molecule has 0 spiro atoms. The zero-order chi connectivity index (χ0) is 12.5. The van der Waals surface area contributed by atoms with Gasteiger partial charge in [-0.05, 0) is 31.0 Å². The van der Waals surface area contributed by atoms with E-state index in [1.807, 2.05) is 12.1 Å². The van der Waals surface area contributed by atoms with Gasteiger partial charge in [0.05, 0.1) is 0 Å². The maximum atomic E-state index is 11.7. The van der Waals surface area contributed by atoms with E-state index >= 15 is 0 Å². The van der Waals surface area contributed by atoms with Crippen molar-refractivity contribution < 1.29 is 9.90 Å². The number of carbonyl (C=O) groups excluding carboxylic acids is 1. The van der Waals surface area contributed by atoms with Gasteiger partial charge >= 0.3 is 0 Å². The van der Waals surface area contributed by atoms with E-state index in [0.29, 0.717) is 12.1 Å². The van der Waals surface area contributed by atoms with Gasteiger partial charge in [0.25, 0.3) is 5.91 Å². The third kappa shape index (κ3) is 5.75. The van der Waals surface area contributed by atoms with Crippen molar-refractivity contribution in [3.63, 3.8) is 0 Å². The summed E-state index contributed by atoms with van der Waals surface area (Å²) in [6.45, 7) is 0.933. The summed E-state index contributed by atoms with van der Waals surface area (Å²) in [5.41, 5.74) is 0.646. The van der Waals surface area contributed by atoms with E-state index in [2.05, 4.69) is 17.9 Å². The lowest BCUT2D eigenvalue weighted by atomic mass is 10.2. The molecule has 0 aromatic heterocycles. The van der Waals surface area contributed by atoms with Crippen LogP contribution in [-0.2, 0) is 0 Å². The second-order valence-electron chi connectivity index (χ2n) is 3.94. The second-order valence-corrected chi connectivity index (χ2v) is 4.46. The number of aliphatic hydroxyl groups is 1. The molecule has 0 aliphatic heterocycles. The van der Waals surface area contributed by atoms with Gasteiger partial charge in [-0.1, -0.05) is 18.9 Å². The zero-order valence-corrected chi connectivity index (χ0v) is 10.7. The van der Waals surface area contributed by atoms with Gasteiger partial charge in [0, 0.05) is 23.6 Å². The Labute approximate surface area is 108 Å². The van der Waals surface area contributed by atoms with Crippen LogP contribution in [0.25, 0.3) is 0 Å². The molecule has 3 nitrogen and oxygen atoms in total. The van der Waals surface area contributed by atoms with Crippen molar-refractivity contribution in [1.29, 1.82) is 0 Å². The molecule has 0 aliphatic carbocycles. The molecule has 0 bridgehead atoms. The third-order valence-electron chi connectivity index (χ3n) is 2.48. The maximum absolute atomic E-state index is 11.7. The fourth-order valence-electron chi connectivity index (χ4n) is 1.54. The predicted octanol–water partition coefficient (Wildman–Crippen LogP) is 2.26. The van der Waals surface area contributed by atoms with E-state index in [1.165, 1.54) is 0 Å². The highest BCUT2D eigenvalue weighted by atomic mass is 32.1. The molecule has 0 heterocycles. The number of nitrogens with one attached hydrogen (secondary N) is 1. The van der Waals surface area contributed by atoms with Crippen LogP contribution < -0.4 is 5.32 Å². The number of benzene rings is 1. The Kier molecular flexibility index (Phi) is 6.74. The van der Waals surface area contributed by atoms with Crippen molar-refractivity contribution >= 4 is 18.5 Å².